The number of hydrogen-bond acceptors (Lipinski definition) is 1. The molecular formula is C13H25NO. The fourth-order valence-corrected chi connectivity index (χ4v) is 2.86. The average Bonchev–Trinajstić information content (AvgIpc) is 2.30. The second-order valence-corrected chi connectivity index (χ2v) is 5.16. The Hall–Kier alpha value is -0.530. The molecule has 0 N–H and O–H groups in total. The van der Waals surface area contributed by atoms with Gasteiger partial charge in [0.25, 0.3) is 0 Å². The quantitative estimate of drug-likeness (QED) is 0.610. The first-order chi connectivity index (χ1) is 7.24. The molecule has 0 aromatic heterocycles. The Balaban J connectivity index is 0.000000195. The summed E-state index contributed by atoms with van der Waals surface area (Å²) >= 11 is 0. The van der Waals surface area contributed by atoms with Crippen LogP contribution in [0.3, 0.4) is 0 Å². The van der Waals surface area contributed by atoms with Crippen LogP contribution in [0.15, 0.2) is 0 Å². The molecule has 2 aliphatic rings. The fourth-order valence-electron chi connectivity index (χ4n) is 2.86. The normalized spacial score (nSPS) is 29.5. The zero-order chi connectivity index (χ0) is 11.1. The maximum absolute atomic E-state index is 9.43. The van der Waals surface area contributed by atoms with Crippen LogP contribution in [0.5, 0.6) is 0 Å². The van der Waals surface area contributed by atoms with Gasteiger partial charge < -0.3 is 4.90 Å². The lowest BCUT2D eigenvalue weighted by Gasteiger charge is -2.35. The highest BCUT2D eigenvalue weighted by Gasteiger charge is 2.26. The van der Waals surface area contributed by atoms with E-state index in [4.69, 9.17) is 0 Å². The van der Waals surface area contributed by atoms with Gasteiger partial charge in [-0.15, -0.1) is 0 Å². The SMILES string of the molecule is C1CCC2CCCCC2C1.CN(C)C=O. The summed E-state index contributed by atoms with van der Waals surface area (Å²) in [7, 11) is 3.38. The molecule has 0 atom stereocenters. The van der Waals surface area contributed by atoms with Crippen molar-refractivity contribution in [2.24, 2.45) is 11.8 Å². The first kappa shape index (κ1) is 12.5. The van der Waals surface area contributed by atoms with E-state index < -0.39 is 0 Å². The van der Waals surface area contributed by atoms with Crippen molar-refractivity contribution in [3.05, 3.63) is 0 Å². The summed E-state index contributed by atoms with van der Waals surface area (Å²) in [5.74, 6) is 2.31. The maximum Gasteiger partial charge on any atom is 0.209 e. The van der Waals surface area contributed by atoms with E-state index >= 15 is 0 Å². The van der Waals surface area contributed by atoms with Crippen LogP contribution in [0.4, 0.5) is 0 Å². The minimum absolute atomic E-state index is 0.750. The van der Waals surface area contributed by atoms with Gasteiger partial charge in [0.15, 0.2) is 0 Å². The van der Waals surface area contributed by atoms with E-state index in [1.54, 1.807) is 39.8 Å². The molecule has 0 aliphatic heterocycles. The summed E-state index contributed by atoms with van der Waals surface area (Å²) in [4.78, 5) is 10.9. The molecule has 2 saturated carbocycles. The van der Waals surface area contributed by atoms with Crippen LogP contribution in [0.1, 0.15) is 51.4 Å². The van der Waals surface area contributed by atoms with E-state index in [0.717, 1.165) is 18.2 Å². The van der Waals surface area contributed by atoms with Crippen LogP contribution in [-0.4, -0.2) is 25.4 Å². The van der Waals surface area contributed by atoms with E-state index in [9.17, 15) is 4.79 Å². The van der Waals surface area contributed by atoms with E-state index in [1.165, 1.54) is 30.6 Å². The molecule has 1 amide bonds. The van der Waals surface area contributed by atoms with Crippen LogP contribution in [0, 0.1) is 11.8 Å². The molecular weight excluding hydrogens is 186 g/mol. The lowest BCUT2D eigenvalue weighted by atomic mass is 9.71. The van der Waals surface area contributed by atoms with Crippen molar-refractivity contribution in [3.63, 3.8) is 0 Å². The van der Waals surface area contributed by atoms with Crippen molar-refractivity contribution < 1.29 is 4.79 Å². The minimum atomic E-state index is 0.750. The van der Waals surface area contributed by atoms with Gasteiger partial charge >= 0.3 is 0 Å². The molecule has 2 fully saturated rings. The van der Waals surface area contributed by atoms with Crippen LogP contribution in [-0.2, 0) is 4.79 Å². The molecule has 0 unspecified atom stereocenters. The average molecular weight is 211 g/mol. The van der Waals surface area contributed by atoms with E-state index in [2.05, 4.69) is 0 Å². The molecule has 0 heterocycles. The van der Waals surface area contributed by atoms with E-state index in [1.807, 2.05) is 0 Å². The first-order valence-electron chi connectivity index (χ1n) is 6.35. The van der Waals surface area contributed by atoms with Crippen molar-refractivity contribution in [2.45, 2.75) is 51.4 Å². The highest BCUT2D eigenvalue weighted by atomic mass is 16.1. The van der Waals surface area contributed by atoms with Gasteiger partial charge in [0.2, 0.25) is 6.41 Å². The summed E-state index contributed by atoms with van der Waals surface area (Å²) in [6, 6.07) is 0. The van der Waals surface area contributed by atoms with Crippen LogP contribution in [0.2, 0.25) is 0 Å². The molecule has 88 valence electrons. The third-order valence-corrected chi connectivity index (χ3v) is 3.68. The van der Waals surface area contributed by atoms with Crippen LogP contribution in [0.25, 0.3) is 0 Å². The van der Waals surface area contributed by atoms with Gasteiger partial charge in [-0.05, 0) is 11.8 Å². The van der Waals surface area contributed by atoms with Crippen LogP contribution < -0.4 is 0 Å². The maximum atomic E-state index is 9.43. The second-order valence-electron chi connectivity index (χ2n) is 5.16. The summed E-state index contributed by atoms with van der Waals surface area (Å²) in [6.45, 7) is 0. The highest BCUT2D eigenvalue weighted by molar-refractivity contribution is 5.45. The highest BCUT2D eigenvalue weighted by Crippen LogP contribution is 2.39. The standard InChI is InChI=1S/C10H18.C3H7NO/c1-2-6-10-8-4-3-7-9(10)5-1;1-4(2)3-5/h9-10H,1-8H2;3H,1-2H3. The van der Waals surface area contributed by atoms with Gasteiger partial charge in [0.05, 0.1) is 0 Å². The molecule has 2 rings (SSSR count). The number of carbonyl (C=O) groups is 1. The lowest BCUT2D eigenvalue weighted by Crippen LogP contribution is -2.22. The Morgan fingerprint density at radius 3 is 1.33 bits per heavy atom. The number of nitrogens with zero attached hydrogens (tertiary/aromatic N) is 1. The van der Waals surface area contributed by atoms with Crippen molar-refractivity contribution in [2.75, 3.05) is 14.1 Å². The summed E-state index contributed by atoms with van der Waals surface area (Å²) in [5, 5.41) is 0. The molecule has 2 aliphatic carbocycles. The largest absolute Gasteiger partial charge is 0.351 e. The van der Waals surface area contributed by atoms with Gasteiger partial charge in [-0.25, -0.2) is 0 Å². The lowest BCUT2D eigenvalue weighted by molar-refractivity contribution is -0.115. The molecule has 0 aromatic carbocycles. The number of fused-ring (bicyclic) bond motifs is 1. The number of rotatable bonds is 1. The zero-order valence-corrected chi connectivity index (χ0v) is 10.2. The van der Waals surface area contributed by atoms with Crippen molar-refractivity contribution in [1.29, 1.82) is 0 Å². The molecule has 2 heteroatoms. The Bertz CT molecular complexity index is 153. The van der Waals surface area contributed by atoms with Crippen molar-refractivity contribution in [1.82, 2.24) is 4.90 Å². The molecule has 0 aromatic rings. The molecule has 0 radical (unpaired) electrons. The van der Waals surface area contributed by atoms with Gasteiger partial charge in [-0.1, -0.05) is 51.4 Å². The Morgan fingerprint density at radius 2 is 1.13 bits per heavy atom. The van der Waals surface area contributed by atoms with Gasteiger partial charge in [-0.2, -0.15) is 0 Å². The fraction of sp³-hybridized carbons (Fsp3) is 0.923. The predicted molar refractivity (Wildman–Crippen MR) is 63.7 cm³/mol. The molecule has 0 spiro atoms. The molecule has 15 heavy (non-hydrogen) atoms. The third-order valence-electron chi connectivity index (χ3n) is 3.68. The van der Waals surface area contributed by atoms with Gasteiger partial charge in [0, 0.05) is 14.1 Å². The van der Waals surface area contributed by atoms with Crippen molar-refractivity contribution in [3.8, 4) is 0 Å². The van der Waals surface area contributed by atoms with Gasteiger partial charge in [-0.3, -0.25) is 4.79 Å². The smallest absolute Gasteiger partial charge is 0.209 e. The monoisotopic (exact) mass is 211 g/mol. The number of amides is 1. The van der Waals surface area contributed by atoms with Gasteiger partial charge in [0.1, 0.15) is 0 Å². The predicted octanol–water partition coefficient (Wildman–Crippen LogP) is 3.07. The summed E-state index contributed by atoms with van der Waals surface area (Å²) < 4.78 is 0. The minimum Gasteiger partial charge on any atom is -0.351 e. The summed E-state index contributed by atoms with van der Waals surface area (Å²) in [5.41, 5.74) is 0. The molecule has 0 bridgehead atoms. The Kier molecular flexibility index (Phi) is 5.74. The Morgan fingerprint density at radius 1 is 0.867 bits per heavy atom. The van der Waals surface area contributed by atoms with Crippen molar-refractivity contribution >= 4 is 6.41 Å². The number of carbonyl (C=O) groups excluding carboxylic acids is 1. The van der Waals surface area contributed by atoms with E-state index in [0.29, 0.717) is 0 Å². The third kappa shape index (κ3) is 4.67. The zero-order valence-electron chi connectivity index (χ0n) is 10.2. The topological polar surface area (TPSA) is 20.3 Å². The van der Waals surface area contributed by atoms with Crippen LogP contribution >= 0.6 is 0 Å². The number of hydrogen-bond donors (Lipinski definition) is 0. The molecule has 0 saturated heterocycles. The molecule has 2 nitrogen and oxygen atoms in total. The Labute approximate surface area is 94.0 Å². The second kappa shape index (κ2) is 6.86. The summed E-state index contributed by atoms with van der Waals surface area (Å²) in [6.07, 6.45) is 13.1. The first-order valence-corrected chi connectivity index (χ1v) is 6.35. The van der Waals surface area contributed by atoms with E-state index in [-0.39, 0.29) is 0 Å².